The summed E-state index contributed by atoms with van der Waals surface area (Å²) < 4.78 is 1.38. The molecule has 1 aromatic rings. The molecule has 1 fully saturated rings. The highest BCUT2D eigenvalue weighted by Crippen LogP contribution is 2.16. The van der Waals surface area contributed by atoms with E-state index in [2.05, 4.69) is 36.0 Å². The Kier molecular flexibility index (Phi) is 7.51. The average molecular weight is 381 g/mol. The highest BCUT2D eigenvalue weighted by atomic mass is 16.2. The third-order valence-corrected chi connectivity index (χ3v) is 4.65. The van der Waals surface area contributed by atoms with E-state index in [-0.39, 0.29) is 17.9 Å². The molecule has 0 aromatic carbocycles. The lowest BCUT2D eigenvalue weighted by Gasteiger charge is -2.24. The van der Waals surface area contributed by atoms with E-state index >= 15 is 0 Å². The first-order valence-electron chi connectivity index (χ1n) is 9.66. The summed E-state index contributed by atoms with van der Waals surface area (Å²) in [6.45, 7) is 7.68. The van der Waals surface area contributed by atoms with E-state index in [1.54, 1.807) is 38.2 Å². The average Bonchev–Trinajstić information content (AvgIpc) is 2.63. The zero-order valence-electron chi connectivity index (χ0n) is 16.9. The Morgan fingerprint density at radius 1 is 1.36 bits per heavy atom. The second-order valence-corrected chi connectivity index (χ2v) is 6.89. The Hall–Kier alpha value is -2.94. The van der Waals surface area contributed by atoms with Crippen LogP contribution < -0.4 is 21.4 Å². The van der Waals surface area contributed by atoms with Crippen molar-refractivity contribution in [3.8, 4) is 11.8 Å². The minimum Gasteiger partial charge on any atom is -0.295 e. The number of carbonyl (C=O) groups excluding carboxylic acids is 2. The molecule has 1 N–H and O–H groups in total. The molecule has 1 aliphatic heterocycles. The molecule has 0 aliphatic carbocycles. The van der Waals surface area contributed by atoms with Crippen molar-refractivity contribution < 1.29 is 9.59 Å². The van der Waals surface area contributed by atoms with Crippen LogP contribution in [-0.4, -0.2) is 21.4 Å². The van der Waals surface area contributed by atoms with E-state index in [0.717, 1.165) is 12.8 Å². The van der Waals surface area contributed by atoms with Crippen molar-refractivity contribution >= 4 is 24.0 Å². The van der Waals surface area contributed by atoms with Crippen LogP contribution in [0, 0.1) is 24.7 Å². The smallest absolute Gasteiger partial charge is 0.261 e. The molecule has 2 rings (SSSR count). The molecule has 6 nitrogen and oxygen atoms in total. The van der Waals surface area contributed by atoms with Gasteiger partial charge in [-0.25, -0.2) is 4.98 Å². The van der Waals surface area contributed by atoms with Gasteiger partial charge >= 0.3 is 0 Å². The minimum atomic E-state index is -0.716. The normalized spacial score (nSPS) is 19.5. The summed E-state index contributed by atoms with van der Waals surface area (Å²) >= 11 is 0. The second-order valence-electron chi connectivity index (χ2n) is 6.89. The van der Waals surface area contributed by atoms with E-state index in [9.17, 15) is 14.4 Å². The summed E-state index contributed by atoms with van der Waals surface area (Å²) in [7, 11) is 0. The molecule has 1 saturated heterocycles. The number of carbonyl (C=O) groups is 2. The lowest BCUT2D eigenvalue weighted by Crippen LogP contribution is -2.52. The molecule has 0 radical (unpaired) electrons. The van der Waals surface area contributed by atoms with Crippen molar-refractivity contribution in [1.29, 1.82) is 0 Å². The third-order valence-electron chi connectivity index (χ3n) is 4.65. The van der Waals surface area contributed by atoms with Gasteiger partial charge in [-0.3, -0.25) is 24.3 Å². The van der Waals surface area contributed by atoms with Crippen LogP contribution >= 0.6 is 0 Å². The number of aryl methyl sites for hydroxylation is 1. The van der Waals surface area contributed by atoms with Gasteiger partial charge in [-0.15, -0.1) is 0 Å². The molecule has 148 valence electrons. The third kappa shape index (κ3) is 5.07. The second kappa shape index (κ2) is 9.84. The maximum atomic E-state index is 13.0. The monoisotopic (exact) mass is 381 g/mol. The van der Waals surface area contributed by atoms with Crippen molar-refractivity contribution in [2.75, 3.05) is 0 Å². The number of hydrogen-bond donors (Lipinski definition) is 1. The van der Waals surface area contributed by atoms with Gasteiger partial charge in [-0.2, -0.15) is 0 Å². The Balaban J connectivity index is 2.40. The molecule has 1 aromatic heterocycles. The van der Waals surface area contributed by atoms with Gasteiger partial charge in [-0.05, 0) is 38.8 Å². The molecule has 28 heavy (non-hydrogen) atoms. The zero-order valence-corrected chi connectivity index (χ0v) is 16.9. The summed E-state index contributed by atoms with van der Waals surface area (Å²) in [4.78, 5) is 41.0. The van der Waals surface area contributed by atoms with E-state index in [4.69, 9.17) is 0 Å². The van der Waals surface area contributed by atoms with Gasteiger partial charge in [0.25, 0.3) is 5.56 Å². The van der Waals surface area contributed by atoms with Gasteiger partial charge in [0.2, 0.25) is 11.8 Å². The number of nitrogens with zero attached hydrogens (tertiary/aromatic N) is 2. The number of aromatic nitrogens is 2. The van der Waals surface area contributed by atoms with Crippen LogP contribution in [0.1, 0.15) is 58.3 Å². The SMILES string of the molecule is C/C=c1/c(=O)n(C2CCC(=O)NC2=O)c(C)n/c1=C/C=C/C#CC(C)CCC. The fraction of sp³-hybridized carbons (Fsp3) is 0.455. The summed E-state index contributed by atoms with van der Waals surface area (Å²) in [5.74, 6) is 6.19. The summed E-state index contributed by atoms with van der Waals surface area (Å²) in [6, 6.07) is -0.716. The largest absolute Gasteiger partial charge is 0.295 e. The van der Waals surface area contributed by atoms with Gasteiger partial charge in [0.05, 0.1) is 10.6 Å². The molecule has 2 unspecified atom stereocenters. The van der Waals surface area contributed by atoms with Crippen molar-refractivity contribution in [1.82, 2.24) is 14.9 Å². The standard InChI is InChI=1S/C22H27N3O3/c1-5-10-15(3)11-8-7-9-12-18-17(6-2)22(28)25(16(4)23-18)19-13-14-20(26)24-21(19)27/h6-7,9,12,15,19H,5,10,13-14H2,1-4H3,(H,24,26,27)/b9-7+,17-6+,18-12+. The molecule has 1 aliphatic rings. The quantitative estimate of drug-likeness (QED) is 0.626. The number of nitrogens with one attached hydrogen (secondary N) is 1. The van der Waals surface area contributed by atoms with Gasteiger partial charge < -0.3 is 0 Å². The fourth-order valence-electron chi connectivity index (χ4n) is 3.25. The van der Waals surface area contributed by atoms with Gasteiger partial charge in [-0.1, -0.05) is 44.3 Å². The fourth-order valence-corrected chi connectivity index (χ4v) is 3.25. The molecule has 2 atom stereocenters. The number of imide groups is 1. The van der Waals surface area contributed by atoms with Crippen LogP contribution in [0.15, 0.2) is 16.9 Å². The van der Waals surface area contributed by atoms with Crippen molar-refractivity contribution in [3.05, 3.63) is 38.9 Å². The predicted octanol–water partition coefficient (Wildman–Crippen LogP) is 1.11. The summed E-state index contributed by atoms with van der Waals surface area (Å²) in [5, 5.41) is 3.25. The molecular weight excluding hydrogens is 354 g/mol. The first-order valence-corrected chi connectivity index (χ1v) is 9.66. The minimum absolute atomic E-state index is 0.208. The lowest BCUT2D eigenvalue weighted by atomic mass is 10.1. The maximum absolute atomic E-state index is 13.0. The van der Waals surface area contributed by atoms with E-state index in [1.165, 1.54) is 4.57 Å². The van der Waals surface area contributed by atoms with Crippen LogP contribution in [0.2, 0.25) is 0 Å². The van der Waals surface area contributed by atoms with Gasteiger partial charge in [0.15, 0.2) is 0 Å². The highest BCUT2D eigenvalue weighted by molar-refractivity contribution is 5.99. The molecule has 6 heteroatoms. The summed E-state index contributed by atoms with van der Waals surface area (Å²) in [5.41, 5.74) is -0.285. The molecular formula is C22H27N3O3. The van der Waals surface area contributed by atoms with Crippen LogP contribution in [0.5, 0.6) is 0 Å². The van der Waals surface area contributed by atoms with Gasteiger partial charge in [0, 0.05) is 12.3 Å². The number of allylic oxidation sites excluding steroid dienone is 2. The Labute approximate surface area is 165 Å². The van der Waals surface area contributed by atoms with Crippen LogP contribution in [0.3, 0.4) is 0 Å². The summed E-state index contributed by atoms with van der Waals surface area (Å²) in [6.07, 6.45) is 9.63. The topological polar surface area (TPSA) is 81.1 Å². The Morgan fingerprint density at radius 2 is 2.11 bits per heavy atom. The molecule has 2 amide bonds. The van der Waals surface area contributed by atoms with Crippen LogP contribution in [0.4, 0.5) is 0 Å². The maximum Gasteiger partial charge on any atom is 0.261 e. The molecule has 2 heterocycles. The Morgan fingerprint density at radius 3 is 2.75 bits per heavy atom. The first kappa shape index (κ1) is 21.4. The van der Waals surface area contributed by atoms with Crippen LogP contribution in [-0.2, 0) is 9.59 Å². The first-order chi connectivity index (χ1) is 13.4. The molecule has 0 spiro atoms. The highest BCUT2D eigenvalue weighted by Gasteiger charge is 2.30. The van der Waals surface area contributed by atoms with Crippen molar-refractivity contribution in [2.45, 2.75) is 59.4 Å². The lowest BCUT2D eigenvalue weighted by molar-refractivity contribution is -0.135. The van der Waals surface area contributed by atoms with Crippen LogP contribution in [0.25, 0.3) is 12.2 Å². The number of rotatable bonds is 4. The number of piperidine rings is 1. The van der Waals surface area contributed by atoms with E-state index in [1.807, 2.05) is 0 Å². The molecule has 0 saturated carbocycles. The predicted molar refractivity (Wildman–Crippen MR) is 109 cm³/mol. The molecule has 0 bridgehead atoms. The van der Waals surface area contributed by atoms with E-state index in [0.29, 0.717) is 28.7 Å². The number of hydrogen-bond acceptors (Lipinski definition) is 4. The number of amides is 2. The zero-order chi connectivity index (χ0) is 20.7. The Bertz CT molecular complexity index is 1020. The van der Waals surface area contributed by atoms with Crippen molar-refractivity contribution in [3.63, 3.8) is 0 Å². The van der Waals surface area contributed by atoms with Gasteiger partial charge in [0.1, 0.15) is 11.9 Å². The van der Waals surface area contributed by atoms with E-state index < -0.39 is 11.9 Å². The van der Waals surface area contributed by atoms with Crippen molar-refractivity contribution in [2.24, 2.45) is 5.92 Å².